The van der Waals surface area contributed by atoms with E-state index in [1.54, 1.807) is 84.9 Å². The molecule has 3 aromatic carbocycles. The molecule has 3 atom stereocenters. The van der Waals surface area contributed by atoms with Gasteiger partial charge in [-0.1, -0.05) is 78.9 Å². The SMILES string of the molecule is COC(=O)C(c1ccccc1)N1C(=O)CNC(c2ccccc2)(C(Oc2nc(OC)cc(OC)n2)C(=O)O)c2ccccc21. The number of fused-ring (bicyclic) bond motifs is 1. The minimum absolute atomic E-state index is 0.0871. The highest BCUT2D eigenvalue weighted by Crippen LogP contribution is 2.44. The van der Waals surface area contributed by atoms with E-state index in [0.717, 1.165) is 0 Å². The van der Waals surface area contributed by atoms with E-state index in [0.29, 0.717) is 16.7 Å². The Balaban J connectivity index is 1.77. The van der Waals surface area contributed by atoms with Gasteiger partial charge in [0.15, 0.2) is 6.04 Å². The minimum atomic E-state index is -1.75. The van der Waals surface area contributed by atoms with Gasteiger partial charge >= 0.3 is 17.9 Å². The van der Waals surface area contributed by atoms with Crippen molar-refractivity contribution in [2.75, 3.05) is 32.8 Å². The molecule has 2 N–H and O–H groups in total. The first-order chi connectivity index (χ1) is 21.3. The molecule has 226 valence electrons. The Morgan fingerprint density at radius 3 is 2.07 bits per heavy atom. The average molecular weight is 599 g/mol. The van der Waals surface area contributed by atoms with E-state index < -0.39 is 35.5 Å². The Morgan fingerprint density at radius 2 is 1.48 bits per heavy atom. The van der Waals surface area contributed by atoms with E-state index in [1.165, 1.54) is 32.3 Å². The van der Waals surface area contributed by atoms with Crippen molar-refractivity contribution in [3.63, 3.8) is 0 Å². The van der Waals surface area contributed by atoms with Gasteiger partial charge in [-0.05, 0) is 17.2 Å². The number of hydrogen-bond acceptors (Lipinski definition) is 10. The molecule has 0 bridgehead atoms. The van der Waals surface area contributed by atoms with Crippen LogP contribution in [0, 0.1) is 0 Å². The lowest BCUT2D eigenvalue weighted by Crippen LogP contribution is -2.58. The fraction of sp³-hybridized carbons (Fsp3) is 0.219. The van der Waals surface area contributed by atoms with Gasteiger partial charge in [-0.3, -0.25) is 15.0 Å². The predicted molar refractivity (Wildman–Crippen MR) is 158 cm³/mol. The zero-order chi connectivity index (χ0) is 31.3. The molecule has 3 unspecified atom stereocenters. The number of benzene rings is 3. The number of aromatic nitrogens is 2. The molecule has 0 spiro atoms. The lowest BCUT2D eigenvalue weighted by atomic mass is 9.77. The monoisotopic (exact) mass is 598 g/mol. The largest absolute Gasteiger partial charge is 0.481 e. The summed E-state index contributed by atoms with van der Waals surface area (Å²) in [7, 11) is 4.02. The molecule has 0 fully saturated rings. The number of ether oxygens (including phenoxy) is 4. The minimum Gasteiger partial charge on any atom is -0.481 e. The predicted octanol–water partition coefficient (Wildman–Crippen LogP) is 3.12. The Kier molecular flexibility index (Phi) is 8.72. The van der Waals surface area contributed by atoms with Crippen LogP contribution in [0.4, 0.5) is 5.69 Å². The first kappa shape index (κ1) is 30.0. The Morgan fingerprint density at radius 1 is 0.886 bits per heavy atom. The lowest BCUT2D eigenvalue weighted by molar-refractivity contribution is -0.149. The highest BCUT2D eigenvalue weighted by molar-refractivity contribution is 6.03. The summed E-state index contributed by atoms with van der Waals surface area (Å²) in [5, 5.41) is 14.0. The number of para-hydroxylation sites is 1. The highest BCUT2D eigenvalue weighted by atomic mass is 16.5. The number of hydrogen-bond donors (Lipinski definition) is 2. The molecule has 0 aliphatic carbocycles. The fourth-order valence-electron chi connectivity index (χ4n) is 5.39. The van der Waals surface area contributed by atoms with Crippen molar-refractivity contribution >= 4 is 23.5 Å². The number of carboxylic acids is 1. The summed E-state index contributed by atoms with van der Waals surface area (Å²) in [6.07, 6.45) is -1.75. The van der Waals surface area contributed by atoms with Crippen LogP contribution < -0.4 is 24.4 Å². The lowest BCUT2D eigenvalue weighted by Gasteiger charge is -2.39. The quantitative estimate of drug-likeness (QED) is 0.259. The fourth-order valence-corrected chi connectivity index (χ4v) is 5.39. The smallest absolute Gasteiger partial charge is 0.347 e. The first-order valence-corrected chi connectivity index (χ1v) is 13.6. The number of anilines is 1. The maximum Gasteiger partial charge on any atom is 0.347 e. The second-order valence-electron chi connectivity index (χ2n) is 9.72. The molecule has 1 aromatic heterocycles. The van der Waals surface area contributed by atoms with Gasteiger partial charge < -0.3 is 24.1 Å². The van der Waals surface area contributed by atoms with Crippen LogP contribution >= 0.6 is 0 Å². The third kappa shape index (κ3) is 5.50. The summed E-state index contributed by atoms with van der Waals surface area (Å²) in [5.74, 6) is -2.38. The number of carbonyl (C=O) groups excluding carboxylic acids is 2. The second kappa shape index (κ2) is 12.8. The Labute approximate surface area is 253 Å². The van der Waals surface area contributed by atoms with Crippen molar-refractivity contribution < 1.29 is 38.4 Å². The van der Waals surface area contributed by atoms with Gasteiger partial charge in [0, 0.05) is 5.56 Å². The summed E-state index contributed by atoms with van der Waals surface area (Å²) in [6, 6.07) is 24.2. The van der Waals surface area contributed by atoms with Crippen LogP contribution in [0.1, 0.15) is 22.7 Å². The molecule has 1 aliphatic rings. The van der Waals surface area contributed by atoms with E-state index in [9.17, 15) is 19.5 Å². The van der Waals surface area contributed by atoms with Gasteiger partial charge in [-0.2, -0.15) is 9.97 Å². The van der Waals surface area contributed by atoms with Crippen molar-refractivity contribution in [1.82, 2.24) is 15.3 Å². The molecule has 1 amide bonds. The number of carboxylic acid groups (broad SMARTS) is 1. The van der Waals surface area contributed by atoms with E-state index >= 15 is 0 Å². The van der Waals surface area contributed by atoms with Gasteiger partial charge in [0.25, 0.3) is 0 Å². The number of carbonyl (C=O) groups is 3. The van der Waals surface area contributed by atoms with Gasteiger partial charge in [0.05, 0.1) is 39.6 Å². The number of nitrogens with zero attached hydrogens (tertiary/aromatic N) is 3. The van der Waals surface area contributed by atoms with Crippen LogP contribution in [0.2, 0.25) is 0 Å². The standard InChI is InChI=1S/C32H30N4O8/c1-41-24-18-25(42-2)35-31(34-24)44-28(29(38)39)32(21-14-8-5-9-15-21)22-16-10-11-17-23(22)36(26(37)19-33-32)27(30(40)43-3)20-12-6-4-7-13-20/h4-18,27-28,33H,19H2,1-3H3,(H,38,39). The molecule has 4 aromatic rings. The Hall–Kier alpha value is -5.49. The molecular weight excluding hydrogens is 568 g/mol. The summed E-state index contributed by atoms with van der Waals surface area (Å²) < 4.78 is 21.7. The van der Waals surface area contributed by atoms with Crippen LogP contribution in [0.15, 0.2) is 91.0 Å². The van der Waals surface area contributed by atoms with Crippen LogP contribution in [0.25, 0.3) is 0 Å². The highest BCUT2D eigenvalue weighted by Gasteiger charge is 2.53. The molecule has 5 rings (SSSR count). The first-order valence-electron chi connectivity index (χ1n) is 13.6. The van der Waals surface area contributed by atoms with Crippen LogP contribution in [0.5, 0.6) is 17.8 Å². The topological polar surface area (TPSA) is 149 Å². The molecule has 12 heteroatoms. The molecule has 2 heterocycles. The molecule has 44 heavy (non-hydrogen) atoms. The number of aliphatic carboxylic acids is 1. The third-order valence-electron chi connectivity index (χ3n) is 7.32. The third-order valence-corrected chi connectivity index (χ3v) is 7.32. The number of rotatable bonds is 10. The number of nitrogens with one attached hydrogen (secondary N) is 1. The van der Waals surface area contributed by atoms with Crippen LogP contribution in [0.3, 0.4) is 0 Å². The van der Waals surface area contributed by atoms with Gasteiger partial charge in [-0.15, -0.1) is 0 Å². The normalized spacial score (nSPS) is 17.4. The Bertz CT molecular complexity index is 1630. The average Bonchev–Trinajstić information content (AvgIpc) is 3.19. The van der Waals surface area contributed by atoms with Gasteiger partial charge in [0.2, 0.25) is 23.8 Å². The molecular formula is C32H30N4O8. The summed E-state index contributed by atoms with van der Waals surface area (Å²) in [6.45, 7) is -0.376. The zero-order valence-electron chi connectivity index (χ0n) is 24.2. The van der Waals surface area contributed by atoms with Gasteiger partial charge in [-0.25, -0.2) is 9.59 Å². The summed E-state index contributed by atoms with van der Waals surface area (Å²) >= 11 is 0. The van der Waals surface area contributed by atoms with E-state index in [-0.39, 0.29) is 30.0 Å². The van der Waals surface area contributed by atoms with E-state index in [4.69, 9.17) is 18.9 Å². The number of esters is 1. The molecule has 0 saturated heterocycles. The van der Waals surface area contributed by atoms with Crippen LogP contribution in [-0.4, -0.2) is 66.9 Å². The van der Waals surface area contributed by atoms with Crippen molar-refractivity contribution in [2.45, 2.75) is 17.7 Å². The van der Waals surface area contributed by atoms with E-state index in [1.807, 2.05) is 0 Å². The maximum absolute atomic E-state index is 14.1. The molecule has 1 aliphatic heterocycles. The summed E-state index contributed by atoms with van der Waals surface area (Å²) in [5.41, 5.74) is -0.0875. The van der Waals surface area contributed by atoms with Gasteiger partial charge in [0.1, 0.15) is 5.54 Å². The van der Waals surface area contributed by atoms with Crippen LogP contribution in [-0.2, 0) is 24.7 Å². The van der Waals surface area contributed by atoms with Crippen molar-refractivity contribution in [1.29, 1.82) is 0 Å². The molecule has 12 nitrogen and oxygen atoms in total. The molecule has 0 radical (unpaired) electrons. The van der Waals surface area contributed by atoms with E-state index in [2.05, 4.69) is 15.3 Å². The number of amides is 1. The van der Waals surface area contributed by atoms with Crippen molar-refractivity contribution in [3.8, 4) is 17.8 Å². The van der Waals surface area contributed by atoms with Crippen molar-refractivity contribution in [2.24, 2.45) is 0 Å². The second-order valence-corrected chi connectivity index (χ2v) is 9.72. The number of methoxy groups -OCH3 is 3. The maximum atomic E-state index is 14.1. The van der Waals surface area contributed by atoms with Crippen molar-refractivity contribution in [3.05, 3.63) is 108 Å². The zero-order valence-corrected chi connectivity index (χ0v) is 24.2. The molecule has 0 saturated carbocycles. The summed E-state index contributed by atoms with van der Waals surface area (Å²) in [4.78, 5) is 50.3.